The van der Waals surface area contributed by atoms with E-state index in [9.17, 15) is 13.2 Å². The molecule has 2 aromatic rings. The fourth-order valence-electron chi connectivity index (χ4n) is 3.14. The van der Waals surface area contributed by atoms with Crippen LogP contribution in [0.1, 0.15) is 30.1 Å². The number of carbonyl (C=O) groups is 1. The molecule has 1 heterocycles. The Bertz CT molecular complexity index is 906. The third-order valence-corrected chi connectivity index (χ3v) is 6.71. The van der Waals surface area contributed by atoms with E-state index in [1.165, 1.54) is 0 Å². The van der Waals surface area contributed by atoms with Gasteiger partial charge in [-0.1, -0.05) is 15.9 Å². The van der Waals surface area contributed by atoms with Gasteiger partial charge >= 0.3 is 0 Å². The Kier molecular flexibility index (Phi) is 6.74. The summed E-state index contributed by atoms with van der Waals surface area (Å²) in [5.74, 6) is 0.692. The quantitative estimate of drug-likeness (QED) is 0.707. The van der Waals surface area contributed by atoms with Crippen molar-refractivity contribution in [1.82, 2.24) is 9.62 Å². The molecule has 150 valence electrons. The molecule has 0 atom stereocenters. The minimum absolute atomic E-state index is 0.0442. The summed E-state index contributed by atoms with van der Waals surface area (Å²) in [5.41, 5.74) is 0.609. The highest BCUT2D eigenvalue weighted by Gasteiger charge is 2.27. The molecule has 1 aliphatic heterocycles. The first-order chi connectivity index (χ1) is 13.4. The predicted molar refractivity (Wildman–Crippen MR) is 111 cm³/mol. The summed E-state index contributed by atoms with van der Waals surface area (Å²) in [5, 5.41) is 0. The Morgan fingerprint density at radius 1 is 1.11 bits per heavy atom. The monoisotopic (exact) mass is 466 g/mol. The number of nitrogens with zero attached hydrogens (tertiary/aromatic N) is 1. The number of carbonyl (C=O) groups excluding carboxylic acids is 1. The molecular formula is C20H23BrN2O4S. The maximum absolute atomic E-state index is 12.7. The number of hydrogen-bond donors (Lipinski definition) is 1. The molecule has 0 bridgehead atoms. The van der Waals surface area contributed by atoms with Crippen molar-refractivity contribution in [2.75, 3.05) is 19.7 Å². The van der Waals surface area contributed by atoms with Gasteiger partial charge in [-0.25, -0.2) is 13.1 Å². The first-order valence-electron chi connectivity index (χ1n) is 9.19. The number of amides is 1. The van der Waals surface area contributed by atoms with Crippen LogP contribution in [-0.2, 0) is 10.0 Å². The number of hydrogen-bond acceptors (Lipinski definition) is 4. The van der Waals surface area contributed by atoms with Crippen molar-refractivity contribution in [2.45, 2.75) is 30.7 Å². The highest BCUT2D eigenvalue weighted by atomic mass is 79.9. The summed E-state index contributed by atoms with van der Waals surface area (Å²) < 4.78 is 34.0. The van der Waals surface area contributed by atoms with Gasteiger partial charge in [0.25, 0.3) is 5.91 Å². The topological polar surface area (TPSA) is 75.7 Å². The van der Waals surface area contributed by atoms with E-state index in [4.69, 9.17) is 4.74 Å². The van der Waals surface area contributed by atoms with E-state index in [0.29, 0.717) is 38.1 Å². The molecule has 1 amide bonds. The molecule has 0 spiro atoms. The number of piperidine rings is 1. The average molecular weight is 467 g/mol. The maximum atomic E-state index is 12.7. The molecule has 3 rings (SSSR count). The summed E-state index contributed by atoms with van der Waals surface area (Å²) in [6.45, 7) is 3.52. The number of nitrogens with one attached hydrogen (secondary N) is 1. The van der Waals surface area contributed by atoms with Crippen molar-refractivity contribution >= 4 is 31.9 Å². The van der Waals surface area contributed by atoms with Crippen molar-refractivity contribution in [3.63, 3.8) is 0 Å². The van der Waals surface area contributed by atoms with Crippen LogP contribution in [0.5, 0.6) is 5.75 Å². The number of likely N-dealkylation sites (tertiary alicyclic amines) is 1. The van der Waals surface area contributed by atoms with Gasteiger partial charge in [-0.15, -0.1) is 0 Å². The Labute approximate surface area is 174 Å². The number of ether oxygens (including phenoxy) is 1. The third kappa shape index (κ3) is 5.12. The fraction of sp³-hybridized carbons (Fsp3) is 0.350. The van der Waals surface area contributed by atoms with E-state index in [0.717, 1.165) is 10.2 Å². The van der Waals surface area contributed by atoms with Gasteiger partial charge in [0.2, 0.25) is 10.0 Å². The molecule has 1 aliphatic rings. The first kappa shape index (κ1) is 20.8. The van der Waals surface area contributed by atoms with Crippen molar-refractivity contribution in [3.8, 4) is 5.75 Å². The van der Waals surface area contributed by atoms with E-state index >= 15 is 0 Å². The van der Waals surface area contributed by atoms with Crippen LogP contribution in [0.3, 0.4) is 0 Å². The van der Waals surface area contributed by atoms with E-state index in [-0.39, 0.29) is 16.8 Å². The minimum atomic E-state index is -3.56. The second-order valence-corrected chi connectivity index (χ2v) is 9.23. The molecule has 1 N–H and O–H groups in total. The molecule has 1 fully saturated rings. The van der Waals surface area contributed by atoms with Gasteiger partial charge in [0, 0.05) is 29.2 Å². The van der Waals surface area contributed by atoms with Gasteiger partial charge in [0.05, 0.1) is 11.5 Å². The zero-order valence-corrected chi connectivity index (χ0v) is 18.0. The van der Waals surface area contributed by atoms with Gasteiger partial charge in [-0.2, -0.15) is 0 Å². The largest absolute Gasteiger partial charge is 0.494 e. The molecule has 0 aromatic heterocycles. The summed E-state index contributed by atoms with van der Waals surface area (Å²) in [6, 6.07) is 13.4. The lowest BCUT2D eigenvalue weighted by molar-refractivity contribution is 0.0711. The summed E-state index contributed by atoms with van der Waals surface area (Å²) >= 11 is 3.30. The standard InChI is InChI=1S/C20H23BrN2O4S/c1-2-27-18-7-3-15(4-8-18)20(24)23-13-11-17(12-14-23)22-28(25,26)19-9-5-16(21)6-10-19/h3-10,17,22H,2,11-14H2,1H3. The lowest BCUT2D eigenvalue weighted by Gasteiger charge is -2.32. The van der Waals surface area contributed by atoms with Crippen LogP contribution < -0.4 is 9.46 Å². The van der Waals surface area contributed by atoms with Crippen molar-refractivity contribution in [2.24, 2.45) is 0 Å². The van der Waals surface area contributed by atoms with Gasteiger partial charge in [-0.3, -0.25) is 4.79 Å². The van der Waals surface area contributed by atoms with Crippen LogP contribution in [0.4, 0.5) is 0 Å². The lowest BCUT2D eigenvalue weighted by Crippen LogP contribution is -2.46. The van der Waals surface area contributed by atoms with E-state index in [1.807, 2.05) is 6.92 Å². The minimum Gasteiger partial charge on any atom is -0.494 e. The Hall–Kier alpha value is -1.90. The Morgan fingerprint density at radius 2 is 1.71 bits per heavy atom. The second kappa shape index (κ2) is 9.07. The molecule has 6 nitrogen and oxygen atoms in total. The van der Waals surface area contributed by atoms with Crippen molar-refractivity contribution in [3.05, 3.63) is 58.6 Å². The number of rotatable bonds is 6. The van der Waals surface area contributed by atoms with Gasteiger partial charge in [0.15, 0.2) is 0 Å². The van der Waals surface area contributed by atoms with Crippen LogP contribution in [0.15, 0.2) is 57.9 Å². The fourth-order valence-corrected chi connectivity index (χ4v) is 4.71. The Morgan fingerprint density at radius 3 is 2.29 bits per heavy atom. The normalized spacial score (nSPS) is 15.4. The Balaban J connectivity index is 1.56. The van der Waals surface area contributed by atoms with E-state index < -0.39 is 10.0 Å². The zero-order chi connectivity index (χ0) is 20.1. The van der Waals surface area contributed by atoms with Crippen molar-refractivity contribution < 1.29 is 17.9 Å². The van der Waals surface area contributed by atoms with Crippen molar-refractivity contribution in [1.29, 1.82) is 0 Å². The first-order valence-corrected chi connectivity index (χ1v) is 11.5. The zero-order valence-electron chi connectivity index (χ0n) is 15.6. The average Bonchev–Trinajstić information content (AvgIpc) is 2.69. The SMILES string of the molecule is CCOc1ccc(C(=O)N2CCC(NS(=O)(=O)c3ccc(Br)cc3)CC2)cc1. The van der Waals surface area contributed by atoms with Crippen LogP contribution in [-0.4, -0.2) is 45.0 Å². The smallest absolute Gasteiger partial charge is 0.253 e. The lowest BCUT2D eigenvalue weighted by atomic mass is 10.0. The van der Waals surface area contributed by atoms with Crippen LogP contribution in [0.25, 0.3) is 0 Å². The summed E-state index contributed by atoms with van der Waals surface area (Å²) in [4.78, 5) is 14.7. The molecule has 0 radical (unpaired) electrons. The molecular weight excluding hydrogens is 444 g/mol. The summed E-state index contributed by atoms with van der Waals surface area (Å²) in [6.07, 6.45) is 1.16. The van der Waals surface area contributed by atoms with Crippen LogP contribution in [0.2, 0.25) is 0 Å². The maximum Gasteiger partial charge on any atom is 0.253 e. The molecule has 0 aliphatic carbocycles. The molecule has 2 aromatic carbocycles. The second-order valence-electron chi connectivity index (χ2n) is 6.60. The molecule has 0 saturated carbocycles. The highest BCUT2D eigenvalue weighted by Crippen LogP contribution is 2.20. The number of sulfonamides is 1. The molecule has 28 heavy (non-hydrogen) atoms. The van der Waals surface area contributed by atoms with Gasteiger partial charge < -0.3 is 9.64 Å². The van der Waals surface area contributed by atoms with E-state index in [1.54, 1.807) is 53.4 Å². The number of halogens is 1. The predicted octanol–water partition coefficient (Wildman–Crippen LogP) is 3.43. The van der Waals surface area contributed by atoms with Gasteiger partial charge in [-0.05, 0) is 68.3 Å². The van der Waals surface area contributed by atoms with Crippen LogP contribution >= 0.6 is 15.9 Å². The summed E-state index contributed by atoms with van der Waals surface area (Å²) in [7, 11) is -3.56. The van der Waals surface area contributed by atoms with Gasteiger partial charge in [0.1, 0.15) is 5.75 Å². The third-order valence-electron chi connectivity index (χ3n) is 4.64. The number of benzene rings is 2. The van der Waals surface area contributed by atoms with E-state index in [2.05, 4.69) is 20.7 Å². The molecule has 8 heteroatoms. The highest BCUT2D eigenvalue weighted by molar-refractivity contribution is 9.10. The van der Waals surface area contributed by atoms with Crippen LogP contribution in [0, 0.1) is 0 Å². The molecule has 1 saturated heterocycles. The molecule has 0 unspecified atom stereocenters.